The Morgan fingerprint density at radius 1 is 1.47 bits per heavy atom. The summed E-state index contributed by atoms with van der Waals surface area (Å²) in [5.74, 6) is -0.519. The Morgan fingerprint density at radius 2 is 2.18 bits per heavy atom. The second-order valence-electron chi connectivity index (χ2n) is 3.61. The Morgan fingerprint density at radius 3 is 2.71 bits per heavy atom. The molecule has 0 aromatic carbocycles. The van der Waals surface area contributed by atoms with Crippen LogP contribution >= 0.6 is 0 Å². The van der Waals surface area contributed by atoms with Gasteiger partial charge in [0.05, 0.1) is 6.61 Å². The summed E-state index contributed by atoms with van der Waals surface area (Å²) in [4.78, 5) is 25.1. The Kier molecular flexibility index (Phi) is 4.51. The van der Waals surface area contributed by atoms with E-state index in [-0.39, 0.29) is 17.9 Å². The molecule has 0 saturated heterocycles. The maximum Gasteiger partial charge on any atom is 0.356 e. The van der Waals surface area contributed by atoms with Crippen LogP contribution in [0.1, 0.15) is 6.92 Å². The fourth-order valence-electron chi connectivity index (χ4n) is 1.29. The summed E-state index contributed by atoms with van der Waals surface area (Å²) in [6.45, 7) is 1.99. The van der Waals surface area contributed by atoms with E-state index in [9.17, 15) is 9.59 Å². The van der Waals surface area contributed by atoms with E-state index >= 15 is 0 Å². The Bertz CT molecular complexity index is 475. The first-order valence-electron chi connectivity index (χ1n) is 5.29. The van der Waals surface area contributed by atoms with Crippen LogP contribution in [0.5, 0.6) is 0 Å². The highest BCUT2D eigenvalue weighted by Crippen LogP contribution is 2.05. The average molecular weight is 236 g/mol. The van der Waals surface area contributed by atoms with Crippen LogP contribution in [0.2, 0.25) is 0 Å². The molecule has 0 amide bonds. The van der Waals surface area contributed by atoms with E-state index in [0.29, 0.717) is 0 Å². The van der Waals surface area contributed by atoms with Crippen LogP contribution in [0.25, 0.3) is 5.70 Å². The van der Waals surface area contributed by atoms with E-state index in [4.69, 9.17) is 4.74 Å². The topological polar surface area (TPSA) is 51.5 Å². The van der Waals surface area contributed by atoms with Gasteiger partial charge < -0.3 is 9.64 Å². The van der Waals surface area contributed by atoms with Gasteiger partial charge in [0.1, 0.15) is 0 Å². The van der Waals surface area contributed by atoms with Crippen molar-refractivity contribution in [3.05, 3.63) is 40.9 Å². The number of carbonyl (C=O) groups excluding carboxylic acids is 1. The van der Waals surface area contributed by atoms with Crippen LogP contribution in [-0.2, 0) is 9.53 Å². The van der Waals surface area contributed by atoms with Gasteiger partial charge in [-0.3, -0.25) is 9.36 Å². The molecule has 0 unspecified atom stereocenters. The molecular weight excluding hydrogens is 220 g/mol. The van der Waals surface area contributed by atoms with Gasteiger partial charge in [0.25, 0.3) is 5.56 Å². The van der Waals surface area contributed by atoms with E-state index in [1.165, 1.54) is 16.8 Å². The molecule has 5 heteroatoms. The summed E-state index contributed by atoms with van der Waals surface area (Å²) in [6, 6.07) is 4.70. The number of ether oxygens (including phenoxy) is 1. The minimum atomic E-state index is -0.519. The van der Waals surface area contributed by atoms with Crippen molar-refractivity contribution in [3.8, 4) is 0 Å². The lowest BCUT2D eigenvalue weighted by atomic mass is 10.4. The molecule has 0 radical (unpaired) electrons. The summed E-state index contributed by atoms with van der Waals surface area (Å²) in [7, 11) is 3.54. The maximum atomic E-state index is 11.8. The molecule has 92 valence electrons. The van der Waals surface area contributed by atoms with Crippen molar-refractivity contribution in [2.75, 3.05) is 20.7 Å². The van der Waals surface area contributed by atoms with Crippen molar-refractivity contribution >= 4 is 11.7 Å². The first kappa shape index (κ1) is 13.0. The lowest BCUT2D eigenvalue weighted by molar-refractivity contribution is -0.136. The van der Waals surface area contributed by atoms with Gasteiger partial charge in [0.2, 0.25) is 0 Å². The van der Waals surface area contributed by atoms with Crippen LogP contribution in [0, 0.1) is 0 Å². The molecule has 1 aromatic heterocycles. The first-order chi connectivity index (χ1) is 8.06. The number of nitrogens with zero attached hydrogens (tertiary/aromatic N) is 2. The Balaban J connectivity index is 3.21. The number of esters is 1. The molecule has 0 aliphatic carbocycles. The Hall–Kier alpha value is -2.04. The van der Waals surface area contributed by atoms with E-state index in [0.717, 1.165) is 0 Å². The highest BCUT2D eigenvalue weighted by atomic mass is 16.5. The lowest BCUT2D eigenvalue weighted by Gasteiger charge is -2.12. The number of hydrogen-bond acceptors (Lipinski definition) is 4. The van der Waals surface area contributed by atoms with Gasteiger partial charge in [0.15, 0.2) is 5.70 Å². The number of rotatable bonds is 4. The van der Waals surface area contributed by atoms with Gasteiger partial charge in [0, 0.05) is 32.6 Å². The number of carbonyl (C=O) groups is 1. The molecule has 1 heterocycles. The molecule has 0 aliphatic heterocycles. The molecule has 17 heavy (non-hydrogen) atoms. The number of hydrogen-bond donors (Lipinski definition) is 0. The van der Waals surface area contributed by atoms with E-state index < -0.39 is 5.97 Å². The first-order valence-corrected chi connectivity index (χ1v) is 5.29. The second-order valence-corrected chi connectivity index (χ2v) is 3.61. The molecule has 0 aliphatic rings. The molecule has 0 N–H and O–H groups in total. The van der Waals surface area contributed by atoms with Crippen molar-refractivity contribution < 1.29 is 9.53 Å². The van der Waals surface area contributed by atoms with Gasteiger partial charge >= 0.3 is 5.97 Å². The molecular formula is C12H16N2O3. The highest BCUT2D eigenvalue weighted by Gasteiger charge is 2.14. The van der Waals surface area contributed by atoms with Crippen molar-refractivity contribution in [3.63, 3.8) is 0 Å². The fourth-order valence-corrected chi connectivity index (χ4v) is 1.29. The summed E-state index contributed by atoms with van der Waals surface area (Å²) in [5, 5.41) is 0. The molecule has 0 saturated carbocycles. The zero-order chi connectivity index (χ0) is 12.8. The predicted molar refractivity (Wildman–Crippen MR) is 65.3 cm³/mol. The lowest BCUT2D eigenvalue weighted by Crippen LogP contribution is -2.24. The number of aromatic nitrogens is 1. The predicted octanol–water partition coefficient (Wildman–Crippen LogP) is 0.771. The van der Waals surface area contributed by atoms with Crippen LogP contribution in [0.4, 0.5) is 0 Å². The third kappa shape index (κ3) is 3.48. The summed E-state index contributed by atoms with van der Waals surface area (Å²) in [6.07, 6.45) is 3.09. The summed E-state index contributed by atoms with van der Waals surface area (Å²) in [5.41, 5.74) is -0.0731. The molecule has 0 bridgehead atoms. The largest absolute Gasteiger partial charge is 0.461 e. The van der Waals surface area contributed by atoms with Crippen molar-refractivity contribution in [2.45, 2.75) is 6.92 Å². The van der Waals surface area contributed by atoms with Crippen molar-refractivity contribution in [1.29, 1.82) is 0 Å². The molecule has 1 aromatic rings. The zero-order valence-electron chi connectivity index (χ0n) is 10.2. The van der Waals surface area contributed by atoms with Crippen molar-refractivity contribution in [2.24, 2.45) is 0 Å². The maximum absolute atomic E-state index is 11.8. The van der Waals surface area contributed by atoms with Gasteiger partial charge in [-0.1, -0.05) is 6.07 Å². The summed E-state index contributed by atoms with van der Waals surface area (Å²) < 4.78 is 6.18. The SMILES string of the molecule is CCOC(=O)/C(=C/N(C)C)n1ccccc1=O. The van der Waals surface area contributed by atoms with Gasteiger partial charge in [-0.15, -0.1) is 0 Å². The quantitative estimate of drug-likeness (QED) is 0.572. The molecule has 0 fully saturated rings. The van der Waals surface area contributed by atoms with Crippen LogP contribution < -0.4 is 5.56 Å². The monoisotopic (exact) mass is 236 g/mol. The normalized spacial score (nSPS) is 11.1. The third-order valence-electron chi connectivity index (χ3n) is 1.95. The fraction of sp³-hybridized carbons (Fsp3) is 0.333. The smallest absolute Gasteiger partial charge is 0.356 e. The van der Waals surface area contributed by atoms with Gasteiger partial charge in [-0.2, -0.15) is 0 Å². The number of pyridine rings is 1. The van der Waals surface area contributed by atoms with Crippen LogP contribution in [0.3, 0.4) is 0 Å². The standard InChI is InChI=1S/C12H16N2O3/c1-4-17-12(16)10(9-13(2)3)14-8-6-5-7-11(14)15/h5-9H,4H2,1-3H3/b10-9-. The summed E-state index contributed by atoms with van der Waals surface area (Å²) >= 11 is 0. The van der Waals surface area contributed by atoms with Gasteiger partial charge in [-0.25, -0.2) is 4.79 Å². The molecule has 0 spiro atoms. The van der Waals surface area contributed by atoms with E-state index in [2.05, 4.69) is 0 Å². The zero-order valence-corrected chi connectivity index (χ0v) is 10.2. The highest BCUT2D eigenvalue weighted by molar-refractivity contribution is 6.09. The average Bonchev–Trinajstić information content (AvgIpc) is 2.27. The van der Waals surface area contributed by atoms with Gasteiger partial charge in [-0.05, 0) is 13.0 Å². The second kappa shape index (κ2) is 5.89. The van der Waals surface area contributed by atoms with Crippen molar-refractivity contribution in [1.82, 2.24) is 9.47 Å². The van der Waals surface area contributed by atoms with Crippen LogP contribution in [-0.4, -0.2) is 36.1 Å². The Labute approximate surface area is 99.9 Å². The molecule has 5 nitrogen and oxygen atoms in total. The van der Waals surface area contributed by atoms with E-state index in [1.54, 1.807) is 44.3 Å². The van der Waals surface area contributed by atoms with E-state index in [1.807, 2.05) is 0 Å². The molecule has 1 rings (SSSR count). The van der Waals surface area contributed by atoms with Crippen LogP contribution in [0.15, 0.2) is 35.4 Å². The molecule has 0 atom stereocenters. The third-order valence-corrected chi connectivity index (χ3v) is 1.95. The minimum Gasteiger partial charge on any atom is -0.461 e. The minimum absolute atomic E-state index is 0.197.